The van der Waals surface area contributed by atoms with E-state index in [0.29, 0.717) is 0 Å². The van der Waals surface area contributed by atoms with E-state index < -0.39 is 16.0 Å². The molecule has 0 spiro atoms. The Hall–Kier alpha value is -1.66. The van der Waals surface area contributed by atoms with E-state index in [1.54, 1.807) is 6.92 Å². The Morgan fingerprint density at radius 2 is 2.12 bits per heavy atom. The van der Waals surface area contributed by atoms with Gasteiger partial charge in [0, 0.05) is 0 Å². The Balaban J connectivity index is 3.29. The fraction of sp³-hybridized carbons (Fsp3) is 0.100. The molecule has 16 heavy (non-hydrogen) atoms. The summed E-state index contributed by atoms with van der Waals surface area (Å²) in [5, 5.41) is 2.31. The Bertz CT molecular complexity index is 534. The van der Waals surface area contributed by atoms with Gasteiger partial charge in [0.1, 0.15) is 4.90 Å². The monoisotopic (exact) mass is 241 g/mol. The second kappa shape index (κ2) is 4.46. The number of carbonyl (C=O) groups is 1. The molecule has 0 aromatic heterocycles. The summed E-state index contributed by atoms with van der Waals surface area (Å²) < 4.78 is 31.0. The first kappa shape index (κ1) is 12.4. The average molecular weight is 241 g/mol. The highest BCUT2D eigenvalue weighted by Crippen LogP contribution is 2.22. The number of rotatable bonds is 3. The van der Waals surface area contributed by atoms with Crippen molar-refractivity contribution in [1.29, 1.82) is 0 Å². The molecule has 1 amide bonds. The molecule has 0 unspecified atom stereocenters. The molecule has 0 aliphatic rings. The number of hydrogen-bond donors (Lipinski definition) is 2. The van der Waals surface area contributed by atoms with E-state index in [1.165, 1.54) is 18.2 Å². The Morgan fingerprint density at radius 1 is 1.50 bits per heavy atom. The predicted octanol–water partition coefficient (Wildman–Crippen LogP) is 1.37. The molecule has 0 saturated heterocycles. The number of amides is 1. The van der Waals surface area contributed by atoms with Gasteiger partial charge in [-0.25, -0.2) is 0 Å². The zero-order chi connectivity index (χ0) is 12.3. The lowest BCUT2D eigenvalue weighted by atomic mass is 10.2. The van der Waals surface area contributed by atoms with Crippen LogP contribution in [0.5, 0.6) is 0 Å². The van der Waals surface area contributed by atoms with E-state index in [-0.39, 0.29) is 10.6 Å². The van der Waals surface area contributed by atoms with Gasteiger partial charge in [-0.2, -0.15) is 8.42 Å². The van der Waals surface area contributed by atoms with E-state index in [0.717, 1.165) is 11.6 Å². The molecule has 0 fully saturated rings. The van der Waals surface area contributed by atoms with Gasteiger partial charge in [-0.1, -0.05) is 12.6 Å². The van der Waals surface area contributed by atoms with Gasteiger partial charge in [0.15, 0.2) is 0 Å². The minimum atomic E-state index is -4.35. The summed E-state index contributed by atoms with van der Waals surface area (Å²) in [4.78, 5) is 10.7. The zero-order valence-electron chi connectivity index (χ0n) is 8.60. The van der Waals surface area contributed by atoms with E-state index in [1.807, 2.05) is 0 Å². The molecule has 1 rings (SSSR count). The number of benzene rings is 1. The maximum Gasteiger partial charge on any atom is 0.296 e. The molecule has 0 saturated carbocycles. The van der Waals surface area contributed by atoms with Crippen molar-refractivity contribution in [3.05, 3.63) is 36.4 Å². The summed E-state index contributed by atoms with van der Waals surface area (Å²) in [7, 11) is -4.35. The van der Waals surface area contributed by atoms with Crippen LogP contribution in [0, 0.1) is 6.92 Å². The molecular weight excluding hydrogens is 230 g/mol. The summed E-state index contributed by atoms with van der Waals surface area (Å²) >= 11 is 0. The van der Waals surface area contributed by atoms with E-state index >= 15 is 0 Å². The molecule has 2 N–H and O–H groups in total. The topological polar surface area (TPSA) is 83.5 Å². The van der Waals surface area contributed by atoms with Gasteiger partial charge < -0.3 is 5.32 Å². The highest BCUT2D eigenvalue weighted by molar-refractivity contribution is 7.86. The van der Waals surface area contributed by atoms with Crippen molar-refractivity contribution in [3.8, 4) is 0 Å². The highest BCUT2D eigenvalue weighted by atomic mass is 32.2. The van der Waals surface area contributed by atoms with Gasteiger partial charge in [-0.3, -0.25) is 9.35 Å². The molecule has 1 aromatic carbocycles. The molecular formula is C10H11NO4S. The molecule has 0 aliphatic carbocycles. The maximum absolute atomic E-state index is 11.1. The third-order valence-electron chi connectivity index (χ3n) is 1.86. The zero-order valence-corrected chi connectivity index (χ0v) is 9.41. The van der Waals surface area contributed by atoms with Gasteiger partial charge in [0.2, 0.25) is 5.91 Å². The molecule has 0 heterocycles. The van der Waals surface area contributed by atoms with E-state index in [4.69, 9.17) is 4.55 Å². The summed E-state index contributed by atoms with van der Waals surface area (Å²) in [5.41, 5.74) is 0.791. The fourth-order valence-electron chi connectivity index (χ4n) is 1.15. The first-order chi connectivity index (χ1) is 7.34. The van der Waals surface area contributed by atoms with Gasteiger partial charge >= 0.3 is 0 Å². The highest BCUT2D eigenvalue weighted by Gasteiger charge is 2.16. The normalized spacial score (nSPS) is 10.9. The largest absolute Gasteiger partial charge is 0.321 e. The first-order valence-electron chi connectivity index (χ1n) is 4.36. The standard InChI is InChI=1S/C10H11NO4S/c1-3-10(12)11-8-6-7(2)4-5-9(8)16(13,14)15/h3-6H,1H2,2H3,(H,11,12)(H,13,14,15). The number of nitrogens with one attached hydrogen (secondary N) is 1. The van der Waals surface area contributed by atoms with Crippen LogP contribution in [0.3, 0.4) is 0 Å². The Morgan fingerprint density at radius 3 is 2.62 bits per heavy atom. The van der Waals surface area contributed by atoms with Crippen LogP contribution in [-0.2, 0) is 14.9 Å². The van der Waals surface area contributed by atoms with Gasteiger partial charge in [-0.15, -0.1) is 0 Å². The van der Waals surface area contributed by atoms with Crippen molar-refractivity contribution >= 4 is 21.7 Å². The first-order valence-corrected chi connectivity index (χ1v) is 5.80. The Labute approximate surface area is 93.5 Å². The minimum Gasteiger partial charge on any atom is -0.321 e. The Kier molecular flexibility index (Phi) is 3.46. The molecule has 0 bridgehead atoms. The van der Waals surface area contributed by atoms with Crippen LogP contribution in [0.15, 0.2) is 35.7 Å². The van der Waals surface area contributed by atoms with Crippen molar-refractivity contribution in [3.63, 3.8) is 0 Å². The third-order valence-corrected chi connectivity index (χ3v) is 2.77. The lowest BCUT2D eigenvalue weighted by Crippen LogP contribution is -2.11. The van der Waals surface area contributed by atoms with E-state index in [2.05, 4.69) is 11.9 Å². The van der Waals surface area contributed by atoms with Crippen molar-refractivity contribution in [1.82, 2.24) is 0 Å². The summed E-state index contributed by atoms with van der Waals surface area (Å²) in [6, 6.07) is 4.19. The van der Waals surface area contributed by atoms with Crippen LogP contribution in [-0.4, -0.2) is 18.9 Å². The van der Waals surface area contributed by atoms with Crippen molar-refractivity contribution in [2.75, 3.05) is 5.32 Å². The maximum atomic E-state index is 11.1. The lowest BCUT2D eigenvalue weighted by molar-refractivity contribution is -0.111. The SMILES string of the molecule is C=CC(=O)Nc1cc(C)ccc1S(=O)(=O)O. The number of carbonyl (C=O) groups excluding carboxylic acids is 1. The smallest absolute Gasteiger partial charge is 0.296 e. The molecule has 0 radical (unpaired) electrons. The van der Waals surface area contributed by atoms with E-state index in [9.17, 15) is 13.2 Å². The molecule has 5 nitrogen and oxygen atoms in total. The quantitative estimate of drug-likeness (QED) is 0.618. The second-order valence-corrected chi connectivity index (χ2v) is 4.56. The van der Waals surface area contributed by atoms with Gasteiger partial charge in [0.05, 0.1) is 5.69 Å². The predicted molar refractivity (Wildman–Crippen MR) is 59.8 cm³/mol. The van der Waals surface area contributed by atoms with Crippen LogP contribution in [0.25, 0.3) is 0 Å². The number of hydrogen-bond acceptors (Lipinski definition) is 3. The second-order valence-electron chi connectivity index (χ2n) is 3.17. The van der Waals surface area contributed by atoms with Crippen molar-refractivity contribution in [2.45, 2.75) is 11.8 Å². The van der Waals surface area contributed by atoms with Crippen LogP contribution < -0.4 is 5.32 Å². The summed E-state index contributed by atoms with van der Waals surface area (Å²) in [6.07, 6.45) is 1.01. The molecule has 0 aliphatic heterocycles. The van der Waals surface area contributed by atoms with Crippen molar-refractivity contribution in [2.24, 2.45) is 0 Å². The number of anilines is 1. The number of aryl methyl sites for hydroxylation is 1. The van der Waals surface area contributed by atoms with Crippen molar-refractivity contribution < 1.29 is 17.8 Å². The minimum absolute atomic E-state index is 0.0346. The van der Waals surface area contributed by atoms with Crippen LogP contribution in [0.4, 0.5) is 5.69 Å². The average Bonchev–Trinajstić information content (AvgIpc) is 2.15. The molecule has 86 valence electrons. The summed E-state index contributed by atoms with van der Waals surface area (Å²) in [5.74, 6) is -0.546. The van der Waals surface area contributed by atoms with Gasteiger partial charge in [0.25, 0.3) is 10.1 Å². The lowest BCUT2D eigenvalue weighted by Gasteiger charge is -2.08. The third kappa shape index (κ3) is 2.91. The molecule has 1 aromatic rings. The van der Waals surface area contributed by atoms with Crippen LogP contribution >= 0.6 is 0 Å². The molecule has 0 atom stereocenters. The van der Waals surface area contributed by atoms with Gasteiger partial charge in [-0.05, 0) is 30.7 Å². The summed E-state index contributed by atoms with van der Waals surface area (Å²) in [6.45, 7) is 4.98. The van der Waals surface area contributed by atoms with Crippen LogP contribution in [0.2, 0.25) is 0 Å². The molecule has 6 heteroatoms. The fourth-order valence-corrected chi connectivity index (χ4v) is 1.78. The van der Waals surface area contributed by atoms with Crippen LogP contribution in [0.1, 0.15) is 5.56 Å².